The van der Waals surface area contributed by atoms with Gasteiger partial charge in [0.1, 0.15) is 6.42 Å². The van der Waals surface area contributed by atoms with Gasteiger partial charge in [-0.3, -0.25) is 9.59 Å². The Kier molecular flexibility index (Phi) is 3.42. The zero-order valence-corrected chi connectivity index (χ0v) is 9.43. The van der Waals surface area contributed by atoms with E-state index in [0.29, 0.717) is 5.92 Å². The molecule has 1 atom stereocenters. The second kappa shape index (κ2) is 4.99. The van der Waals surface area contributed by atoms with E-state index >= 15 is 0 Å². The minimum absolute atomic E-state index is 0.0388. The van der Waals surface area contributed by atoms with Crippen molar-refractivity contribution < 1.29 is 14.7 Å². The van der Waals surface area contributed by atoms with Crippen LogP contribution in [0.3, 0.4) is 0 Å². The summed E-state index contributed by atoms with van der Waals surface area (Å²) >= 11 is 0. The van der Waals surface area contributed by atoms with Crippen molar-refractivity contribution in [3.8, 4) is 0 Å². The summed E-state index contributed by atoms with van der Waals surface area (Å²) in [6.07, 6.45) is 1.72. The lowest BCUT2D eigenvalue weighted by molar-refractivity contribution is -0.140. The van der Waals surface area contributed by atoms with Gasteiger partial charge >= 0.3 is 5.97 Å². The van der Waals surface area contributed by atoms with Crippen molar-refractivity contribution in [3.63, 3.8) is 0 Å². The molecule has 1 aliphatic carbocycles. The van der Waals surface area contributed by atoms with Gasteiger partial charge in [-0.25, -0.2) is 0 Å². The maximum Gasteiger partial charge on any atom is 0.312 e. The highest BCUT2D eigenvalue weighted by molar-refractivity contribution is 5.93. The Morgan fingerprint density at radius 1 is 1.29 bits per heavy atom. The summed E-state index contributed by atoms with van der Waals surface area (Å²) in [6, 6.07) is 9.66. The molecule has 1 fully saturated rings. The Hall–Kier alpha value is -1.84. The molecule has 0 saturated heterocycles. The zero-order chi connectivity index (χ0) is 12.3. The Morgan fingerprint density at radius 3 is 2.47 bits per heavy atom. The first-order chi connectivity index (χ1) is 8.16. The fourth-order valence-electron chi connectivity index (χ4n) is 1.93. The topological polar surface area (TPSA) is 66.4 Å². The average molecular weight is 233 g/mol. The van der Waals surface area contributed by atoms with E-state index in [1.54, 1.807) is 0 Å². The predicted octanol–water partition coefficient (Wildman–Crippen LogP) is 1.73. The predicted molar refractivity (Wildman–Crippen MR) is 62.3 cm³/mol. The van der Waals surface area contributed by atoms with Crippen LogP contribution in [0.5, 0.6) is 0 Å². The summed E-state index contributed by atoms with van der Waals surface area (Å²) in [6.45, 7) is 0. The molecule has 0 heterocycles. The summed E-state index contributed by atoms with van der Waals surface area (Å²) in [5.41, 5.74) is 1.05. The average Bonchev–Trinajstić information content (AvgIpc) is 3.10. The van der Waals surface area contributed by atoms with E-state index in [4.69, 9.17) is 5.11 Å². The molecule has 0 aliphatic heterocycles. The summed E-state index contributed by atoms with van der Waals surface area (Å²) in [5.74, 6) is -1.06. The number of benzene rings is 1. The van der Waals surface area contributed by atoms with Crippen LogP contribution in [-0.2, 0) is 9.59 Å². The standard InChI is InChI=1S/C13H15NO3/c15-11(8-12(16)17)14-13(10-6-7-10)9-4-2-1-3-5-9/h1-5,10,13H,6-8H2,(H,14,15)(H,16,17). The van der Waals surface area contributed by atoms with E-state index in [1.165, 1.54) is 0 Å². The SMILES string of the molecule is O=C(O)CC(=O)NC(c1ccccc1)C1CC1. The molecule has 1 amide bonds. The molecular formula is C13H15NO3. The van der Waals surface area contributed by atoms with Gasteiger partial charge in [-0.1, -0.05) is 30.3 Å². The van der Waals surface area contributed by atoms with Crippen LogP contribution < -0.4 is 5.32 Å². The third kappa shape index (κ3) is 3.31. The van der Waals surface area contributed by atoms with Crippen molar-refractivity contribution in [2.75, 3.05) is 0 Å². The van der Waals surface area contributed by atoms with Crippen LogP contribution in [-0.4, -0.2) is 17.0 Å². The molecular weight excluding hydrogens is 218 g/mol. The molecule has 17 heavy (non-hydrogen) atoms. The largest absolute Gasteiger partial charge is 0.481 e. The first-order valence-electron chi connectivity index (χ1n) is 5.73. The number of carboxylic acid groups (broad SMARTS) is 1. The van der Waals surface area contributed by atoms with Gasteiger partial charge in [0.25, 0.3) is 0 Å². The highest BCUT2D eigenvalue weighted by Crippen LogP contribution is 2.40. The minimum Gasteiger partial charge on any atom is -0.481 e. The van der Waals surface area contributed by atoms with Crippen LogP contribution in [0.25, 0.3) is 0 Å². The number of hydrogen-bond acceptors (Lipinski definition) is 2. The number of carbonyl (C=O) groups excluding carboxylic acids is 1. The van der Waals surface area contributed by atoms with E-state index in [1.807, 2.05) is 30.3 Å². The molecule has 1 aliphatic rings. The van der Waals surface area contributed by atoms with Gasteiger partial charge < -0.3 is 10.4 Å². The van der Waals surface area contributed by atoms with Crippen molar-refractivity contribution in [2.24, 2.45) is 5.92 Å². The van der Waals surface area contributed by atoms with Gasteiger partial charge in [-0.2, -0.15) is 0 Å². The molecule has 0 spiro atoms. The molecule has 0 radical (unpaired) electrons. The zero-order valence-electron chi connectivity index (χ0n) is 9.43. The number of carbonyl (C=O) groups is 2. The van der Waals surface area contributed by atoms with E-state index in [0.717, 1.165) is 18.4 Å². The number of nitrogens with one attached hydrogen (secondary N) is 1. The van der Waals surface area contributed by atoms with Crippen molar-refractivity contribution in [1.29, 1.82) is 0 Å². The number of hydrogen-bond donors (Lipinski definition) is 2. The summed E-state index contributed by atoms with van der Waals surface area (Å²) in [4.78, 5) is 21.9. The number of amides is 1. The van der Waals surface area contributed by atoms with Crippen molar-refractivity contribution in [1.82, 2.24) is 5.32 Å². The number of rotatable bonds is 5. The van der Waals surface area contributed by atoms with Crippen LogP contribution in [0.1, 0.15) is 30.9 Å². The van der Waals surface area contributed by atoms with E-state index in [9.17, 15) is 9.59 Å². The van der Waals surface area contributed by atoms with E-state index < -0.39 is 18.3 Å². The second-order valence-electron chi connectivity index (χ2n) is 4.36. The van der Waals surface area contributed by atoms with Crippen LogP contribution >= 0.6 is 0 Å². The Morgan fingerprint density at radius 2 is 1.94 bits per heavy atom. The smallest absolute Gasteiger partial charge is 0.312 e. The molecule has 1 unspecified atom stereocenters. The molecule has 1 aromatic rings. The van der Waals surface area contributed by atoms with Crippen LogP contribution in [0.15, 0.2) is 30.3 Å². The summed E-state index contributed by atoms with van der Waals surface area (Å²) in [5, 5.41) is 11.4. The second-order valence-corrected chi connectivity index (χ2v) is 4.36. The van der Waals surface area contributed by atoms with Crippen molar-refractivity contribution >= 4 is 11.9 Å². The highest BCUT2D eigenvalue weighted by Gasteiger charge is 2.33. The van der Waals surface area contributed by atoms with Crippen LogP contribution in [0.4, 0.5) is 0 Å². The van der Waals surface area contributed by atoms with Crippen molar-refractivity contribution in [3.05, 3.63) is 35.9 Å². The van der Waals surface area contributed by atoms with E-state index in [2.05, 4.69) is 5.32 Å². The van der Waals surface area contributed by atoms with Gasteiger partial charge in [0.2, 0.25) is 5.91 Å². The summed E-state index contributed by atoms with van der Waals surface area (Å²) in [7, 11) is 0. The summed E-state index contributed by atoms with van der Waals surface area (Å²) < 4.78 is 0. The third-order valence-electron chi connectivity index (χ3n) is 2.88. The molecule has 2 N–H and O–H groups in total. The first kappa shape index (κ1) is 11.6. The maximum absolute atomic E-state index is 11.5. The number of carboxylic acids is 1. The molecule has 2 rings (SSSR count). The quantitative estimate of drug-likeness (QED) is 0.761. The molecule has 1 aromatic carbocycles. The Balaban J connectivity index is 2.03. The van der Waals surface area contributed by atoms with Gasteiger partial charge in [0.05, 0.1) is 6.04 Å². The van der Waals surface area contributed by atoms with Gasteiger partial charge in [-0.15, -0.1) is 0 Å². The molecule has 1 saturated carbocycles. The lowest BCUT2D eigenvalue weighted by Crippen LogP contribution is -2.31. The monoisotopic (exact) mass is 233 g/mol. The molecule has 90 valence electrons. The maximum atomic E-state index is 11.5. The van der Waals surface area contributed by atoms with E-state index in [-0.39, 0.29) is 6.04 Å². The molecule has 0 bridgehead atoms. The van der Waals surface area contributed by atoms with Gasteiger partial charge in [0, 0.05) is 0 Å². The first-order valence-corrected chi connectivity index (χ1v) is 5.73. The molecule has 4 nitrogen and oxygen atoms in total. The molecule has 0 aromatic heterocycles. The fourth-order valence-corrected chi connectivity index (χ4v) is 1.93. The number of aliphatic carboxylic acids is 1. The Labute approximate surface area is 99.6 Å². The normalized spacial score (nSPS) is 16.2. The third-order valence-corrected chi connectivity index (χ3v) is 2.88. The Bertz CT molecular complexity index is 412. The minimum atomic E-state index is -1.09. The fraction of sp³-hybridized carbons (Fsp3) is 0.385. The lowest BCUT2D eigenvalue weighted by Gasteiger charge is -2.18. The lowest BCUT2D eigenvalue weighted by atomic mass is 10.0. The van der Waals surface area contributed by atoms with Crippen molar-refractivity contribution in [2.45, 2.75) is 25.3 Å². The molecule has 4 heteroatoms. The van der Waals surface area contributed by atoms with Crippen LogP contribution in [0.2, 0.25) is 0 Å². The van der Waals surface area contributed by atoms with Crippen LogP contribution in [0, 0.1) is 5.92 Å². The highest BCUT2D eigenvalue weighted by atomic mass is 16.4. The van der Waals surface area contributed by atoms with Gasteiger partial charge in [0.15, 0.2) is 0 Å². The van der Waals surface area contributed by atoms with Gasteiger partial charge in [-0.05, 0) is 24.3 Å².